The van der Waals surface area contributed by atoms with Crippen LogP contribution in [0.1, 0.15) is 32.0 Å². The summed E-state index contributed by atoms with van der Waals surface area (Å²) < 4.78 is 2.10. The molecular formula is C20H22N4S. The Balaban J connectivity index is 2.07. The van der Waals surface area contributed by atoms with Gasteiger partial charge in [-0.2, -0.15) is 5.26 Å². The van der Waals surface area contributed by atoms with Crippen LogP contribution in [0.2, 0.25) is 0 Å². The largest absolute Gasteiger partial charge is 0.398 e. The number of nitrogens with two attached hydrogens (primary N) is 1. The number of aromatic nitrogens is 2. The van der Waals surface area contributed by atoms with Crippen LogP contribution >= 0.6 is 11.8 Å². The second-order valence-corrected chi connectivity index (χ2v) is 8.26. The average molecular weight is 350 g/mol. The molecule has 2 aromatic rings. The predicted octanol–water partition coefficient (Wildman–Crippen LogP) is 4.63. The SMILES string of the molecule is C=C(CSC1C=CC(N)=C(C#N)c2nc3ccccc3n21)C(C)(C)C. The molecule has 1 atom stereocenters. The minimum absolute atomic E-state index is 0.00546. The number of nitriles is 1. The van der Waals surface area contributed by atoms with Crippen LogP contribution in [0.5, 0.6) is 0 Å². The number of thioether (sulfide) groups is 1. The molecule has 25 heavy (non-hydrogen) atoms. The molecule has 0 saturated heterocycles. The first-order valence-electron chi connectivity index (χ1n) is 8.18. The molecule has 0 bridgehead atoms. The highest BCUT2D eigenvalue weighted by Crippen LogP contribution is 2.38. The van der Waals surface area contributed by atoms with Crippen molar-refractivity contribution in [1.82, 2.24) is 9.55 Å². The lowest BCUT2D eigenvalue weighted by molar-refractivity contribution is 0.508. The molecule has 1 aromatic carbocycles. The van der Waals surface area contributed by atoms with Crippen LogP contribution in [0.25, 0.3) is 16.6 Å². The fraction of sp³-hybridized carbons (Fsp3) is 0.300. The third kappa shape index (κ3) is 3.22. The normalized spacial score (nSPS) is 17.3. The Morgan fingerprint density at radius 2 is 2.12 bits per heavy atom. The number of para-hydroxylation sites is 2. The highest BCUT2D eigenvalue weighted by atomic mass is 32.2. The Morgan fingerprint density at radius 1 is 1.40 bits per heavy atom. The predicted molar refractivity (Wildman–Crippen MR) is 106 cm³/mol. The zero-order valence-corrected chi connectivity index (χ0v) is 15.6. The van der Waals surface area contributed by atoms with E-state index in [2.05, 4.69) is 43.0 Å². The smallest absolute Gasteiger partial charge is 0.155 e. The summed E-state index contributed by atoms with van der Waals surface area (Å²) in [7, 11) is 0. The number of rotatable bonds is 3. The number of hydrogen-bond acceptors (Lipinski definition) is 4. The van der Waals surface area contributed by atoms with Crippen molar-refractivity contribution < 1.29 is 0 Å². The molecule has 0 spiro atoms. The Labute approximate surface area is 152 Å². The van der Waals surface area contributed by atoms with Crippen molar-refractivity contribution in [2.45, 2.75) is 26.1 Å². The molecule has 2 heterocycles. The number of imidazole rings is 1. The standard InChI is InChI=1S/C20H22N4S/c1-13(20(2,3)4)12-25-18-10-9-15(22)14(11-21)19-23-16-7-5-6-8-17(16)24(18)19/h5-10,18H,1,12,22H2,2-4H3. The molecule has 5 heteroatoms. The van der Waals surface area contributed by atoms with E-state index < -0.39 is 0 Å². The molecule has 1 aromatic heterocycles. The van der Waals surface area contributed by atoms with Gasteiger partial charge >= 0.3 is 0 Å². The highest BCUT2D eigenvalue weighted by Gasteiger charge is 2.25. The highest BCUT2D eigenvalue weighted by molar-refractivity contribution is 7.99. The first kappa shape index (κ1) is 17.4. The summed E-state index contributed by atoms with van der Waals surface area (Å²) in [6, 6.07) is 10.1. The number of hydrogen-bond donors (Lipinski definition) is 1. The van der Waals surface area contributed by atoms with E-state index in [9.17, 15) is 5.26 Å². The van der Waals surface area contributed by atoms with Gasteiger partial charge in [0.15, 0.2) is 5.82 Å². The molecule has 1 aliphatic heterocycles. The summed E-state index contributed by atoms with van der Waals surface area (Å²) in [5.74, 6) is 1.46. The lowest BCUT2D eigenvalue weighted by Crippen LogP contribution is -2.13. The molecule has 4 nitrogen and oxygen atoms in total. The van der Waals surface area contributed by atoms with Crippen LogP contribution in [-0.2, 0) is 0 Å². The van der Waals surface area contributed by atoms with Gasteiger partial charge < -0.3 is 10.3 Å². The van der Waals surface area contributed by atoms with Crippen molar-refractivity contribution in [3.8, 4) is 6.07 Å². The van der Waals surface area contributed by atoms with Crippen molar-refractivity contribution in [1.29, 1.82) is 5.26 Å². The Hall–Kier alpha value is -2.45. The molecule has 0 fully saturated rings. The van der Waals surface area contributed by atoms with Gasteiger partial charge in [0.25, 0.3) is 0 Å². The zero-order chi connectivity index (χ0) is 18.2. The van der Waals surface area contributed by atoms with Crippen LogP contribution in [0, 0.1) is 16.7 Å². The minimum Gasteiger partial charge on any atom is -0.398 e. The van der Waals surface area contributed by atoms with E-state index in [1.807, 2.05) is 36.4 Å². The van der Waals surface area contributed by atoms with Crippen molar-refractivity contribution in [2.24, 2.45) is 11.1 Å². The first-order chi connectivity index (χ1) is 11.8. The summed E-state index contributed by atoms with van der Waals surface area (Å²) in [6.45, 7) is 10.7. The first-order valence-corrected chi connectivity index (χ1v) is 9.23. The van der Waals surface area contributed by atoms with Crippen LogP contribution in [0.4, 0.5) is 0 Å². The molecule has 0 radical (unpaired) electrons. The topological polar surface area (TPSA) is 67.6 Å². The number of nitrogens with zero attached hydrogens (tertiary/aromatic N) is 3. The van der Waals surface area contributed by atoms with Gasteiger partial charge in [0.1, 0.15) is 17.0 Å². The molecule has 0 aliphatic carbocycles. The number of allylic oxidation sites excluding steroid dienone is 2. The second-order valence-electron chi connectivity index (χ2n) is 7.15. The van der Waals surface area contributed by atoms with Crippen molar-refractivity contribution >= 4 is 28.4 Å². The molecule has 1 unspecified atom stereocenters. The van der Waals surface area contributed by atoms with Crippen LogP contribution in [0.3, 0.4) is 0 Å². The van der Waals surface area contributed by atoms with Crippen molar-refractivity contribution in [3.63, 3.8) is 0 Å². The quantitative estimate of drug-likeness (QED) is 0.819. The number of fused-ring (bicyclic) bond motifs is 3. The van der Waals surface area contributed by atoms with Gasteiger partial charge in [0.2, 0.25) is 0 Å². The van der Waals surface area contributed by atoms with E-state index in [0.717, 1.165) is 16.8 Å². The third-order valence-corrected chi connectivity index (χ3v) is 5.63. The monoisotopic (exact) mass is 350 g/mol. The van der Waals surface area contributed by atoms with Gasteiger partial charge in [-0.1, -0.05) is 45.1 Å². The third-order valence-electron chi connectivity index (χ3n) is 4.40. The van der Waals surface area contributed by atoms with E-state index in [1.165, 1.54) is 5.57 Å². The summed E-state index contributed by atoms with van der Waals surface area (Å²) in [5, 5.41) is 9.58. The Bertz CT molecular complexity index is 935. The molecule has 2 N–H and O–H groups in total. The van der Waals surface area contributed by atoms with E-state index in [1.54, 1.807) is 11.8 Å². The van der Waals surface area contributed by atoms with Crippen molar-refractivity contribution in [3.05, 3.63) is 60.1 Å². The van der Waals surface area contributed by atoms with Gasteiger partial charge in [-0.25, -0.2) is 4.98 Å². The van der Waals surface area contributed by atoms with E-state index in [0.29, 0.717) is 17.1 Å². The summed E-state index contributed by atoms with van der Waals surface area (Å²) in [6.07, 6.45) is 3.86. The summed E-state index contributed by atoms with van der Waals surface area (Å²) >= 11 is 1.77. The van der Waals surface area contributed by atoms with Gasteiger partial charge in [0.05, 0.1) is 16.7 Å². The maximum atomic E-state index is 9.57. The maximum absolute atomic E-state index is 9.57. The fourth-order valence-electron chi connectivity index (χ4n) is 2.61. The van der Waals surface area contributed by atoms with Crippen LogP contribution < -0.4 is 5.73 Å². The molecular weight excluding hydrogens is 328 g/mol. The van der Waals surface area contributed by atoms with Gasteiger partial charge in [-0.15, -0.1) is 11.8 Å². The van der Waals surface area contributed by atoms with Gasteiger partial charge in [-0.3, -0.25) is 0 Å². The molecule has 0 amide bonds. The number of benzene rings is 1. The summed E-state index contributed by atoms with van der Waals surface area (Å²) in [4.78, 5) is 4.67. The lowest BCUT2D eigenvalue weighted by Gasteiger charge is -2.24. The molecule has 128 valence electrons. The molecule has 0 saturated carbocycles. The van der Waals surface area contributed by atoms with E-state index >= 15 is 0 Å². The molecule has 3 rings (SSSR count). The molecule has 1 aliphatic rings. The van der Waals surface area contributed by atoms with Gasteiger partial charge in [0, 0.05) is 5.75 Å². The van der Waals surface area contributed by atoms with Crippen LogP contribution in [0.15, 0.2) is 54.3 Å². The Kier molecular flexibility index (Phi) is 4.49. The van der Waals surface area contributed by atoms with Crippen molar-refractivity contribution in [2.75, 3.05) is 5.75 Å². The van der Waals surface area contributed by atoms with Crippen LogP contribution in [-0.4, -0.2) is 15.3 Å². The lowest BCUT2D eigenvalue weighted by atomic mass is 9.89. The zero-order valence-electron chi connectivity index (χ0n) is 14.8. The van der Waals surface area contributed by atoms with E-state index in [4.69, 9.17) is 5.73 Å². The Morgan fingerprint density at radius 3 is 2.80 bits per heavy atom. The van der Waals surface area contributed by atoms with Gasteiger partial charge in [-0.05, 0) is 29.7 Å². The minimum atomic E-state index is 0.00546. The fourth-order valence-corrected chi connectivity index (χ4v) is 3.97. The average Bonchev–Trinajstić information content (AvgIpc) is 2.87. The maximum Gasteiger partial charge on any atom is 0.155 e. The second kappa shape index (κ2) is 6.45. The van der Waals surface area contributed by atoms with E-state index in [-0.39, 0.29) is 10.8 Å². The summed E-state index contributed by atoms with van der Waals surface area (Å²) in [5.41, 5.74) is 10.1.